The maximum atomic E-state index is 14.1. The molecule has 5 atom stereocenters. The van der Waals surface area contributed by atoms with Crippen LogP contribution < -0.4 is 29.1 Å². The standard InChI is InChI=1S/C27H30N2O6.C22H22N2O5/c1-4-12-34-27(31)29-21-14-17(2)23(32-3)16-19(21)25(30)28-20-10-6-5-9-18(20)15-22(28)26(29)35-24-11-7-8-13-33-24;1-4-9-29-22(27)24-17-10-13(2)19(28-3)12-15(17)20(25)23-16-8-6-5-7-14(16)11-18(23)21(24)26/h4-6,9-10,14,16,22,24,26H,1,7-8,11-13,15H2,2-3H3;4-8,10,12,18,21,26H,1,9,11H2,2-3H3/t22-,24?,26?;18-,21?/m00/s1. The Morgan fingerprint density at radius 2 is 1.22 bits per heavy atom. The van der Waals surface area contributed by atoms with E-state index in [4.69, 9.17) is 28.4 Å². The van der Waals surface area contributed by atoms with Gasteiger partial charge in [0.25, 0.3) is 11.8 Å². The second-order valence-corrected chi connectivity index (χ2v) is 16.0. The minimum atomic E-state index is -1.28. The Balaban J connectivity index is 0.000000178. The molecule has 0 saturated carbocycles. The number of aryl methyl sites for hydroxylation is 2. The van der Waals surface area contributed by atoms with Gasteiger partial charge in [-0.3, -0.25) is 9.59 Å². The lowest BCUT2D eigenvalue weighted by molar-refractivity contribution is -0.190. The van der Waals surface area contributed by atoms with Gasteiger partial charge in [-0.25, -0.2) is 19.4 Å². The van der Waals surface area contributed by atoms with Crippen molar-refractivity contribution in [1.29, 1.82) is 0 Å². The van der Waals surface area contributed by atoms with Crippen LogP contribution in [-0.2, 0) is 31.8 Å². The van der Waals surface area contributed by atoms with E-state index in [2.05, 4.69) is 13.2 Å². The largest absolute Gasteiger partial charge is 0.496 e. The molecular weight excluding hydrogens is 821 g/mol. The molecule has 4 amide bonds. The van der Waals surface area contributed by atoms with Crippen molar-refractivity contribution in [1.82, 2.24) is 0 Å². The molecule has 9 rings (SSSR count). The van der Waals surface area contributed by atoms with Crippen LogP contribution in [0.15, 0.2) is 98.1 Å². The fourth-order valence-corrected chi connectivity index (χ4v) is 9.16. The first-order chi connectivity index (χ1) is 31.0. The first-order valence-corrected chi connectivity index (χ1v) is 21.3. The number of carbonyl (C=O) groups excluding carboxylic acids is 4. The zero-order valence-electron chi connectivity index (χ0n) is 36.4. The van der Waals surface area contributed by atoms with Crippen LogP contribution in [0.1, 0.15) is 62.2 Å². The van der Waals surface area contributed by atoms with Crippen molar-refractivity contribution >= 4 is 46.8 Å². The number of methoxy groups -OCH3 is 2. The van der Waals surface area contributed by atoms with Gasteiger partial charge in [-0.15, -0.1) is 0 Å². The van der Waals surface area contributed by atoms with E-state index in [9.17, 15) is 24.3 Å². The number of aliphatic hydroxyl groups is 1. The van der Waals surface area contributed by atoms with Crippen LogP contribution in [0.25, 0.3) is 0 Å². The normalized spacial score (nSPS) is 21.6. The highest BCUT2D eigenvalue weighted by Gasteiger charge is 2.50. The monoisotopic (exact) mass is 872 g/mol. The lowest BCUT2D eigenvalue weighted by Crippen LogP contribution is -2.55. The molecule has 15 heteroatoms. The number of rotatable bonds is 8. The zero-order valence-corrected chi connectivity index (χ0v) is 36.4. The minimum absolute atomic E-state index is 0.00488. The Morgan fingerprint density at radius 3 is 1.73 bits per heavy atom. The Kier molecular flexibility index (Phi) is 12.8. The quantitative estimate of drug-likeness (QED) is 0.174. The molecule has 334 valence electrons. The van der Waals surface area contributed by atoms with Crippen molar-refractivity contribution < 1.29 is 52.7 Å². The molecule has 1 fully saturated rings. The van der Waals surface area contributed by atoms with Crippen LogP contribution >= 0.6 is 0 Å². The second kappa shape index (κ2) is 18.6. The van der Waals surface area contributed by atoms with Crippen LogP contribution in [0.5, 0.6) is 11.5 Å². The van der Waals surface area contributed by atoms with Crippen LogP contribution in [0.3, 0.4) is 0 Å². The number of hydrogen-bond acceptors (Lipinski definition) is 11. The van der Waals surface area contributed by atoms with Gasteiger partial charge in [-0.2, -0.15) is 0 Å². The highest BCUT2D eigenvalue weighted by Crippen LogP contribution is 2.45. The second-order valence-electron chi connectivity index (χ2n) is 16.0. The van der Waals surface area contributed by atoms with Crippen molar-refractivity contribution in [3.63, 3.8) is 0 Å². The van der Waals surface area contributed by atoms with Crippen LogP contribution in [0.4, 0.5) is 32.3 Å². The van der Waals surface area contributed by atoms with Gasteiger partial charge in [0.15, 0.2) is 18.7 Å². The van der Waals surface area contributed by atoms with E-state index in [1.165, 1.54) is 24.2 Å². The fraction of sp³-hybridized carbons (Fsp3) is 0.347. The maximum absolute atomic E-state index is 14.1. The van der Waals surface area contributed by atoms with E-state index in [0.717, 1.165) is 51.4 Å². The first-order valence-electron chi connectivity index (χ1n) is 21.3. The molecule has 5 aliphatic heterocycles. The number of fused-ring (bicyclic) bond motifs is 8. The summed E-state index contributed by atoms with van der Waals surface area (Å²) >= 11 is 0. The van der Waals surface area contributed by atoms with Crippen LogP contribution in [0.2, 0.25) is 0 Å². The van der Waals surface area contributed by atoms with Gasteiger partial charge >= 0.3 is 12.2 Å². The summed E-state index contributed by atoms with van der Waals surface area (Å²) in [5.41, 5.74) is 6.35. The maximum Gasteiger partial charge on any atom is 0.416 e. The summed E-state index contributed by atoms with van der Waals surface area (Å²) in [5.74, 6) is 0.573. The molecule has 1 N–H and O–H groups in total. The van der Waals surface area contributed by atoms with Crippen molar-refractivity contribution in [2.24, 2.45) is 0 Å². The lowest BCUT2D eigenvalue weighted by atomic mass is 10.1. The molecule has 64 heavy (non-hydrogen) atoms. The first kappa shape index (κ1) is 43.9. The number of aliphatic hydroxyl groups excluding tert-OH is 1. The molecule has 1 saturated heterocycles. The Labute approximate surface area is 371 Å². The molecule has 0 bridgehead atoms. The molecule has 5 heterocycles. The van der Waals surface area contributed by atoms with Gasteiger partial charge in [0, 0.05) is 18.0 Å². The van der Waals surface area contributed by atoms with E-state index in [1.54, 1.807) is 41.2 Å². The fourth-order valence-electron chi connectivity index (χ4n) is 9.16. The smallest absolute Gasteiger partial charge is 0.416 e. The van der Waals surface area contributed by atoms with Gasteiger partial charge in [0.2, 0.25) is 0 Å². The van der Waals surface area contributed by atoms with Gasteiger partial charge in [-0.05, 0) is 105 Å². The summed E-state index contributed by atoms with van der Waals surface area (Å²) in [5, 5.41) is 11.2. The van der Waals surface area contributed by atoms with Gasteiger partial charge in [0.05, 0.1) is 48.8 Å². The molecular formula is C49H52N4O11. The summed E-state index contributed by atoms with van der Waals surface area (Å²) in [6.45, 7) is 11.5. The third-order valence-electron chi connectivity index (χ3n) is 12.1. The van der Waals surface area contributed by atoms with Crippen molar-refractivity contribution in [3.8, 4) is 11.5 Å². The highest BCUT2D eigenvalue weighted by atomic mass is 16.7. The molecule has 0 spiro atoms. The molecule has 5 aliphatic rings. The molecule has 3 unspecified atom stereocenters. The number of carbonyl (C=O) groups is 4. The predicted molar refractivity (Wildman–Crippen MR) is 239 cm³/mol. The summed E-state index contributed by atoms with van der Waals surface area (Å²) in [6, 6.07) is 20.9. The number of ether oxygens (including phenoxy) is 6. The summed E-state index contributed by atoms with van der Waals surface area (Å²) in [4.78, 5) is 59.9. The molecule has 0 aliphatic carbocycles. The molecule has 0 aromatic heterocycles. The number of benzene rings is 4. The highest BCUT2D eigenvalue weighted by molar-refractivity contribution is 6.15. The van der Waals surface area contributed by atoms with Crippen LogP contribution in [-0.4, -0.2) is 94.0 Å². The molecule has 15 nitrogen and oxygen atoms in total. The number of para-hydroxylation sites is 2. The molecule has 4 aromatic rings. The number of nitrogens with zero attached hydrogens (tertiary/aromatic N) is 4. The summed E-state index contributed by atoms with van der Waals surface area (Å²) in [6.07, 6.45) is 2.65. The minimum Gasteiger partial charge on any atom is -0.496 e. The van der Waals surface area contributed by atoms with Crippen LogP contribution in [0, 0.1) is 13.8 Å². The molecule has 4 aromatic carbocycles. The molecule has 0 radical (unpaired) electrons. The third-order valence-corrected chi connectivity index (χ3v) is 12.1. The van der Waals surface area contributed by atoms with Crippen molar-refractivity contribution in [2.75, 3.05) is 53.6 Å². The SMILES string of the molecule is C=CCOC(=O)N1c2cc(C)c(OC)cc2C(=O)N2c3ccccc3C[C@H]2C1O.C=CCOC(=O)N1c2cc(C)c(OC)cc2C(=O)N2c3ccccc3C[C@H]2C1OC1CCCCO1. The zero-order chi connectivity index (χ0) is 45.2. The van der Waals surface area contributed by atoms with E-state index in [-0.39, 0.29) is 30.6 Å². The lowest BCUT2D eigenvalue weighted by Gasteiger charge is -2.38. The van der Waals surface area contributed by atoms with E-state index in [1.807, 2.05) is 62.4 Å². The Morgan fingerprint density at radius 1 is 0.719 bits per heavy atom. The van der Waals surface area contributed by atoms with Gasteiger partial charge < -0.3 is 43.3 Å². The number of amides is 4. The van der Waals surface area contributed by atoms with Crippen molar-refractivity contribution in [2.45, 2.75) is 76.8 Å². The average Bonchev–Trinajstić information content (AvgIpc) is 3.85. The Bertz CT molecular complexity index is 2480. The number of hydrogen-bond donors (Lipinski definition) is 1. The summed E-state index contributed by atoms with van der Waals surface area (Å²) in [7, 11) is 3.08. The van der Waals surface area contributed by atoms with Gasteiger partial charge in [-0.1, -0.05) is 61.7 Å². The Hall–Kier alpha value is -6.68. The predicted octanol–water partition coefficient (Wildman–Crippen LogP) is 7.62. The topological polar surface area (TPSA) is 157 Å². The third kappa shape index (κ3) is 7.95. The van der Waals surface area contributed by atoms with Crippen molar-refractivity contribution in [3.05, 3.63) is 131 Å². The summed E-state index contributed by atoms with van der Waals surface area (Å²) < 4.78 is 34.0. The van der Waals surface area contributed by atoms with E-state index in [0.29, 0.717) is 54.3 Å². The van der Waals surface area contributed by atoms with Gasteiger partial charge in [0.1, 0.15) is 24.7 Å². The number of anilines is 4. The van der Waals surface area contributed by atoms with E-state index < -0.39 is 43.0 Å². The average molecular weight is 873 g/mol. The van der Waals surface area contributed by atoms with E-state index >= 15 is 0 Å².